The fraction of sp³-hybridized carbons (Fsp3) is 0.833. The van der Waals surface area contributed by atoms with Crippen LogP contribution in [0.25, 0.3) is 0 Å². The lowest BCUT2D eigenvalue weighted by molar-refractivity contribution is -0.137. The number of nitrogens with zero attached hydrogens (tertiary/aromatic N) is 1. The molecular formula is C18H30N2O4. The summed E-state index contributed by atoms with van der Waals surface area (Å²) in [7, 11) is 0. The molecule has 0 aromatic heterocycles. The lowest BCUT2D eigenvalue weighted by atomic mass is 9.93. The Morgan fingerprint density at radius 2 is 1.88 bits per heavy atom. The van der Waals surface area contributed by atoms with E-state index in [-0.39, 0.29) is 36.1 Å². The van der Waals surface area contributed by atoms with E-state index in [4.69, 9.17) is 5.11 Å². The van der Waals surface area contributed by atoms with E-state index in [0.29, 0.717) is 19.4 Å². The molecule has 6 nitrogen and oxygen atoms in total. The third-order valence-corrected chi connectivity index (χ3v) is 5.23. The molecule has 0 aromatic rings. The van der Waals surface area contributed by atoms with Crippen molar-refractivity contribution in [3.8, 4) is 0 Å². The number of amides is 2. The second kappa shape index (κ2) is 9.04. The lowest BCUT2D eigenvalue weighted by Gasteiger charge is -2.33. The molecule has 2 N–H and O–H groups in total. The summed E-state index contributed by atoms with van der Waals surface area (Å²) in [6.07, 6.45) is 7.21. The summed E-state index contributed by atoms with van der Waals surface area (Å²) >= 11 is 0. The zero-order chi connectivity index (χ0) is 17.5. The number of carbonyl (C=O) groups is 3. The van der Waals surface area contributed by atoms with Crippen molar-refractivity contribution in [3.63, 3.8) is 0 Å². The van der Waals surface area contributed by atoms with Gasteiger partial charge < -0.3 is 15.3 Å². The van der Waals surface area contributed by atoms with E-state index in [9.17, 15) is 14.4 Å². The van der Waals surface area contributed by atoms with Crippen LogP contribution >= 0.6 is 0 Å². The monoisotopic (exact) mass is 338 g/mol. The fourth-order valence-electron chi connectivity index (χ4n) is 3.85. The molecule has 2 fully saturated rings. The van der Waals surface area contributed by atoms with Crippen molar-refractivity contribution in [1.82, 2.24) is 10.2 Å². The van der Waals surface area contributed by atoms with Crippen molar-refractivity contribution >= 4 is 17.8 Å². The van der Waals surface area contributed by atoms with Gasteiger partial charge in [-0.25, -0.2) is 0 Å². The maximum atomic E-state index is 12.5. The molecule has 1 saturated heterocycles. The molecule has 2 atom stereocenters. The highest BCUT2D eigenvalue weighted by Crippen LogP contribution is 2.25. The quantitative estimate of drug-likeness (QED) is 0.745. The molecule has 0 radical (unpaired) electrons. The summed E-state index contributed by atoms with van der Waals surface area (Å²) < 4.78 is 0. The van der Waals surface area contributed by atoms with Crippen molar-refractivity contribution in [2.75, 3.05) is 13.1 Å². The highest BCUT2D eigenvalue weighted by atomic mass is 16.4. The van der Waals surface area contributed by atoms with Crippen LogP contribution in [0.2, 0.25) is 0 Å². The van der Waals surface area contributed by atoms with Gasteiger partial charge in [-0.3, -0.25) is 14.4 Å². The Balaban J connectivity index is 1.73. The minimum Gasteiger partial charge on any atom is -0.481 e. The Labute approximate surface area is 144 Å². The minimum absolute atomic E-state index is 0.0641. The molecule has 0 aromatic carbocycles. The van der Waals surface area contributed by atoms with E-state index in [1.165, 1.54) is 0 Å². The molecule has 0 spiro atoms. The average Bonchev–Trinajstić information content (AvgIpc) is 3.07. The summed E-state index contributed by atoms with van der Waals surface area (Å²) in [6, 6.07) is -0.148. The van der Waals surface area contributed by atoms with Gasteiger partial charge in [0.15, 0.2) is 0 Å². The Kier molecular flexibility index (Phi) is 7.06. The number of nitrogens with one attached hydrogen (secondary N) is 1. The maximum absolute atomic E-state index is 12.5. The summed E-state index contributed by atoms with van der Waals surface area (Å²) in [4.78, 5) is 37.1. The van der Waals surface area contributed by atoms with E-state index in [2.05, 4.69) is 5.32 Å². The molecule has 2 aliphatic rings. The SMILES string of the molecule is CC(CC(=O)N1CCCC(CCC(=O)O)C1)NC(=O)C1CCCC1. The maximum Gasteiger partial charge on any atom is 0.303 e. The number of piperidine rings is 1. The highest BCUT2D eigenvalue weighted by Gasteiger charge is 2.27. The van der Waals surface area contributed by atoms with Crippen molar-refractivity contribution in [2.45, 2.75) is 70.8 Å². The van der Waals surface area contributed by atoms with Gasteiger partial charge in [0.05, 0.1) is 0 Å². The highest BCUT2D eigenvalue weighted by molar-refractivity contribution is 5.81. The van der Waals surface area contributed by atoms with Crippen LogP contribution in [0.15, 0.2) is 0 Å². The van der Waals surface area contributed by atoms with Gasteiger partial charge in [-0.15, -0.1) is 0 Å². The third kappa shape index (κ3) is 5.80. The molecular weight excluding hydrogens is 308 g/mol. The molecule has 2 amide bonds. The van der Waals surface area contributed by atoms with Crippen molar-refractivity contribution in [1.29, 1.82) is 0 Å². The number of hydrogen-bond donors (Lipinski definition) is 2. The van der Waals surface area contributed by atoms with Crippen molar-refractivity contribution in [2.24, 2.45) is 11.8 Å². The Morgan fingerprint density at radius 3 is 2.54 bits per heavy atom. The van der Waals surface area contributed by atoms with Gasteiger partial charge in [0, 0.05) is 37.9 Å². The van der Waals surface area contributed by atoms with Gasteiger partial charge in [0.1, 0.15) is 0 Å². The normalized spacial score (nSPS) is 23.0. The lowest BCUT2D eigenvalue weighted by Crippen LogP contribution is -2.44. The van der Waals surface area contributed by atoms with Gasteiger partial charge in [0.2, 0.25) is 11.8 Å². The van der Waals surface area contributed by atoms with E-state index < -0.39 is 5.97 Å². The number of likely N-dealkylation sites (tertiary alicyclic amines) is 1. The molecule has 1 saturated carbocycles. The van der Waals surface area contributed by atoms with Gasteiger partial charge >= 0.3 is 5.97 Å². The van der Waals surface area contributed by atoms with Crippen LogP contribution in [0.4, 0.5) is 0 Å². The molecule has 24 heavy (non-hydrogen) atoms. The smallest absolute Gasteiger partial charge is 0.303 e. The molecule has 1 aliphatic carbocycles. The topological polar surface area (TPSA) is 86.7 Å². The Morgan fingerprint density at radius 1 is 1.17 bits per heavy atom. The summed E-state index contributed by atoms with van der Waals surface area (Å²) in [6.45, 7) is 3.28. The molecule has 1 heterocycles. The summed E-state index contributed by atoms with van der Waals surface area (Å²) in [5, 5.41) is 11.8. The van der Waals surface area contributed by atoms with Crippen LogP contribution in [0.1, 0.15) is 64.7 Å². The first-order valence-corrected chi connectivity index (χ1v) is 9.25. The molecule has 6 heteroatoms. The number of carboxylic acid groups (broad SMARTS) is 1. The van der Waals surface area contributed by atoms with E-state index in [1.807, 2.05) is 11.8 Å². The first kappa shape index (κ1) is 18.7. The van der Waals surface area contributed by atoms with Crippen LogP contribution < -0.4 is 5.32 Å². The molecule has 0 bridgehead atoms. The fourth-order valence-corrected chi connectivity index (χ4v) is 3.85. The number of rotatable bonds is 7. The van der Waals surface area contributed by atoms with Crippen LogP contribution in [0, 0.1) is 11.8 Å². The van der Waals surface area contributed by atoms with E-state index in [1.54, 1.807) is 0 Å². The standard InChI is InChI=1S/C18H30N2O4/c1-13(19-18(24)15-6-2-3-7-15)11-16(21)20-10-4-5-14(12-20)8-9-17(22)23/h13-15H,2-12H2,1H3,(H,19,24)(H,22,23). The molecule has 1 aliphatic heterocycles. The van der Waals surface area contributed by atoms with Crippen molar-refractivity contribution < 1.29 is 19.5 Å². The predicted octanol–water partition coefficient (Wildman–Crippen LogP) is 2.17. The Hall–Kier alpha value is -1.59. The largest absolute Gasteiger partial charge is 0.481 e. The third-order valence-electron chi connectivity index (χ3n) is 5.23. The number of hydrogen-bond acceptors (Lipinski definition) is 3. The van der Waals surface area contributed by atoms with Crippen LogP contribution in [-0.2, 0) is 14.4 Å². The Bertz CT molecular complexity index is 460. The van der Waals surface area contributed by atoms with Gasteiger partial charge in [-0.2, -0.15) is 0 Å². The molecule has 136 valence electrons. The zero-order valence-electron chi connectivity index (χ0n) is 14.6. The van der Waals surface area contributed by atoms with Gasteiger partial charge in [0.25, 0.3) is 0 Å². The van der Waals surface area contributed by atoms with E-state index >= 15 is 0 Å². The second-order valence-corrected chi connectivity index (χ2v) is 7.38. The molecule has 2 unspecified atom stereocenters. The zero-order valence-corrected chi connectivity index (χ0v) is 14.6. The average molecular weight is 338 g/mol. The van der Waals surface area contributed by atoms with Gasteiger partial charge in [-0.1, -0.05) is 12.8 Å². The van der Waals surface area contributed by atoms with Crippen LogP contribution in [0.3, 0.4) is 0 Å². The summed E-state index contributed by atoms with van der Waals surface area (Å²) in [5.41, 5.74) is 0. The van der Waals surface area contributed by atoms with E-state index in [0.717, 1.165) is 45.1 Å². The molecule has 2 rings (SSSR count). The van der Waals surface area contributed by atoms with Crippen LogP contribution in [0.5, 0.6) is 0 Å². The first-order valence-electron chi connectivity index (χ1n) is 9.25. The minimum atomic E-state index is -0.776. The number of carbonyl (C=O) groups excluding carboxylic acids is 2. The number of carboxylic acids is 1. The number of aliphatic carboxylic acids is 1. The predicted molar refractivity (Wildman–Crippen MR) is 90.4 cm³/mol. The summed E-state index contributed by atoms with van der Waals surface area (Å²) in [5.74, 6) is -0.221. The van der Waals surface area contributed by atoms with Crippen molar-refractivity contribution in [3.05, 3.63) is 0 Å². The second-order valence-electron chi connectivity index (χ2n) is 7.38. The first-order chi connectivity index (χ1) is 11.5. The van der Waals surface area contributed by atoms with Crippen LogP contribution in [-0.4, -0.2) is 46.9 Å². The van der Waals surface area contributed by atoms with Gasteiger partial charge in [-0.05, 0) is 44.9 Å².